The van der Waals surface area contributed by atoms with Crippen molar-refractivity contribution in [1.82, 2.24) is 0 Å². The number of ketones is 2. The zero-order valence-electron chi connectivity index (χ0n) is 13.9. The first-order valence-electron chi connectivity index (χ1n) is 8.70. The Morgan fingerprint density at radius 2 is 2.05 bits per heavy atom. The molecule has 0 unspecified atom stereocenters. The average Bonchev–Trinajstić information content (AvgIpc) is 2.52. The van der Waals surface area contributed by atoms with Crippen LogP contribution in [0.5, 0.6) is 0 Å². The van der Waals surface area contributed by atoms with Crippen LogP contribution in [0.25, 0.3) is 0 Å². The molecule has 0 aromatic rings. The van der Waals surface area contributed by atoms with Gasteiger partial charge in [-0.2, -0.15) is 0 Å². The lowest BCUT2D eigenvalue weighted by molar-refractivity contribution is -0.128. The predicted octanol–water partition coefficient (Wildman–Crippen LogP) is 4.56. The maximum Gasteiger partial charge on any atom is 0.156 e. The summed E-state index contributed by atoms with van der Waals surface area (Å²) in [5, 5.41) is 0. The molecule has 0 aromatic carbocycles. The molecule has 0 spiro atoms. The minimum atomic E-state index is -0.283. The van der Waals surface area contributed by atoms with Gasteiger partial charge in [0, 0.05) is 6.42 Å². The van der Waals surface area contributed by atoms with E-state index in [1.807, 2.05) is 6.08 Å². The third-order valence-electron chi connectivity index (χ3n) is 6.20. The zero-order valence-corrected chi connectivity index (χ0v) is 13.9. The monoisotopic (exact) mass is 298 g/mol. The Morgan fingerprint density at radius 3 is 2.68 bits per heavy atom. The van der Waals surface area contributed by atoms with Crippen LogP contribution in [0.15, 0.2) is 34.9 Å². The molecule has 0 saturated heterocycles. The van der Waals surface area contributed by atoms with E-state index in [0.29, 0.717) is 24.0 Å². The second-order valence-electron chi connectivity index (χ2n) is 7.01. The van der Waals surface area contributed by atoms with Gasteiger partial charge in [0.15, 0.2) is 5.78 Å². The number of carbonyl (C=O) groups is 2. The first kappa shape index (κ1) is 15.5. The van der Waals surface area contributed by atoms with E-state index in [-0.39, 0.29) is 11.2 Å². The summed E-state index contributed by atoms with van der Waals surface area (Å²) in [5.74, 6) is 1.47. The van der Waals surface area contributed by atoms with Crippen molar-refractivity contribution in [2.24, 2.45) is 17.3 Å². The molecule has 0 saturated carbocycles. The molecule has 3 aliphatic rings. The number of allylic oxidation sites excluding steroid dienone is 6. The summed E-state index contributed by atoms with van der Waals surface area (Å²) < 4.78 is 0. The first-order chi connectivity index (χ1) is 10.5. The van der Waals surface area contributed by atoms with Gasteiger partial charge in [-0.1, -0.05) is 32.4 Å². The summed E-state index contributed by atoms with van der Waals surface area (Å²) in [6.07, 6.45) is 11.8. The normalized spacial score (nSPS) is 34.1. The molecule has 0 heterocycles. The SMILES string of the molecule is CC[C@H]1[C@@H]2CCC3=CC(=O)CCC3=C2C=C[C@]1(CC)C(C)=O. The maximum atomic E-state index is 12.4. The van der Waals surface area contributed by atoms with Gasteiger partial charge in [0.25, 0.3) is 0 Å². The maximum absolute atomic E-state index is 12.4. The highest BCUT2D eigenvalue weighted by Gasteiger charge is 2.47. The van der Waals surface area contributed by atoms with Crippen LogP contribution < -0.4 is 0 Å². The fourth-order valence-corrected chi connectivity index (χ4v) is 5.02. The Labute approximate surface area is 133 Å². The Morgan fingerprint density at radius 1 is 1.27 bits per heavy atom. The van der Waals surface area contributed by atoms with Gasteiger partial charge in [-0.05, 0) is 67.2 Å². The largest absolute Gasteiger partial charge is 0.299 e. The number of hydrogen-bond acceptors (Lipinski definition) is 2. The van der Waals surface area contributed by atoms with Crippen molar-refractivity contribution in [1.29, 1.82) is 0 Å². The number of fused-ring (bicyclic) bond motifs is 2. The van der Waals surface area contributed by atoms with E-state index in [2.05, 4.69) is 26.0 Å². The van der Waals surface area contributed by atoms with E-state index >= 15 is 0 Å². The van der Waals surface area contributed by atoms with Crippen LogP contribution in [0.4, 0.5) is 0 Å². The average molecular weight is 298 g/mol. The van der Waals surface area contributed by atoms with E-state index in [1.165, 1.54) is 16.7 Å². The van der Waals surface area contributed by atoms with Crippen molar-refractivity contribution in [2.45, 2.75) is 59.3 Å². The molecule has 118 valence electrons. The fourth-order valence-electron chi connectivity index (χ4n) is 5.02. The molecule has 0 radical (unpaired) electrons. The van der Waals surface area contributed by atoms with Gasteiger partial charge in [-0.25, -0.2) is 0 Å². The summed E-state index contributed by atoms with van der Waals surface area (Å²) in [5.41, 5.74) is 3.80. The van der Waals surface area contributed by atoms with E-state index in [4.69, 9.17) is 0 Å². The number of rotatable bonds is 3. The third-order valence-corrected chi connectivity index (χ3v) is 6.20. The summed E-state index contributed by atoms with van der Waals surface area (Å²) in [6, 6.07) is 0. The van der Waals surface area contributed by atoms with Crippen molar-refractivity contribution in [3.63, 3.8) is 0 Å². The Kier molecular flexibility index (Phi) is 3.96. The van der Waals surface area contributed by atoms with Crippen molar-refractivity contribution in [2.75, 3.05) is 0 Å². The molecule has 2 nitrogen and oxygen atoms in total. The van der Waals surface area contributed by atoms with Gasteiger partial charge in [0.1, 0.15) is 5.78 Å². The molecular formula is C20H26O2. The highest BCUT2D eigenvalue weighted by Crippen LogP contribution is 2.53. The molecule has 0 bridgehead atoms. The Balaban J connectivity index is 2.12. The van der Waals surface area contributed by atoms with Crippen LogP contribution in [-0.2, 0) is 9.59 Å². The van der Waals surface area contributed by atoms with Gasteiger partial charge in [-0.15, -0.1) is 0 Å². The van der Waals surface area contributed by atoms with Crippen molar-refractivity contribution >= 4 is 11.6 Å². The highest BCUT2D eigenvalue weighted by atomic mass is 16.1. The quantitative estimate of drug-likeness (QED) is 0.765. The highest BCUT2D eigenvalue weighted by molar-refractivity contribution is 5.93. The summed E-state index contributed by atoms with van der Waals surface area (Å²) in [7, 11) is 0. The number of carbonyl (C=O) groups excluding carboxylic acids is 2. The van der Waals surface area contributed by atoms with E-state index < -0.39 is 0 Å². The van der Waals surface area contributed by atoms with Crippen molar-refractivity contribution in [3.8, 4) is 0 Å². The summed E-state index contributed by atoms with van der Waals surface area (Å²) in [4.78, 5) is 24.1. The van der Waals surface area contributed by atoms with Crippen LogP contribution in [0, 0.1) is 17.3 Å². The van der Waals surface area contributed by atoms with Crippen LogP contribution >= 0.6 is 0 Å². The molecule has 3 rings (SSSR count). The third kappa shape index (κ3) is 2.15. The van der Waals surface area contributed by atoms with Gasteiger partial charge >= 0.3 is 0 Å². The molecule has 0 aromatic heterocycles. The first-order valence-corrected chi connectivity index (χ1v) is 8.70. The van der Waals surface area contributed by atoms with Crippen molar-refractivity contribution in [3.05, 3.63) is 34.9 Å². The Hall–Kier alpha value is -1.44. The van der Waals surface area contributed by atoms with Gasteiger partial charge in [0.2, 0.25) is 0 Å². The summed E-state index contributed by atoms with van der Waals surface area (Å²) in [6.45, 7) is 6.11. The fraction of sp³-hybridized carbons (Fsp3) is 0.600. The molecule has 3 aliphatic carbocycles. The lowest BCUT2D eigenvalue weighted by atomic mass is 9.56. The lowest BCUT2D eigenvalue weighted by Crippen LogP contribution is -2.43. The summed E-state index contributed by atoms with van der Waals surface area (Å²) >= 11 is 0. The molecule has 2 heteroatoms. The number of hydrogen-bond donors (Lipinski definition) is 0. The molecule has 22 heavy (non-hydrogen) atoms. The minimum absolute atomic E-state index is 0.274. The zero-order chi connectivity index (χ0) is 15.9. The smallest absolute Gasteiger partial charge is 0.156 e. The second-order valence-corrected chi connectivity index (χ2v) is 7.01. The van der Waals surface area contributed by atoms with Crippen LogP contribution in [0.1, 0.15) is 59.3 Å². The Bertz CT molecular complexity index is 605. The molecular weight excluding hydrogens is 272 g/mol. The molecule has 0 amide bonds. The van der Waals surface area contributed by atoms with Crippen LogP contribution in [-0.4, -0.2) is 11.6 Å². The lowest BCUT2D eigenvalue weighted by Gasteiger charge is -2.47. The molecule has 0 N–H and O–H groups in total. The van der Waals surface area contributed by atoms with Crippen LogP contribution in [0.3, 0.4) is 0 Å². The molecule has 0 fully saturated rings. The second kappa shape index (κ2) is 5.64. The van der Waals surface area contributed by atoms with Gasteiger partial charge < -0.3 is 0 Å². The van der Waals surface area contributed by atoms with Crippen LogP contribution in [0.2, 0.25) is 0 Å². The standard InChI is InChI=1S/C20H26O2/c1-4-19-18-8-6-14-12-15(22)7-9-16(14)17(18)10-11-20(19,5-2)13(3)21/h10-12,18-19H,4-9H2,1-3H3/t18-,19+,20-/m1/s1. The van der Waals surface area contributed by atoms with Crippen molar-refractivity contribution < 1.29 is 9.59 Å². The molecule has 3 atom stereocenters. The van der Waals surface area contributed by atoms with Gasteiger partial charge in [0.05, 0.1) is 5.41 Å². The van der Waals surface area contributed by atoms with Gasteiger partial charge in [-0.3, -0.25) is 9.59 Å². The predicted molar refractivity (Wildman–Crippen MR) is 88.4 cm³/mol. The topological polar surface area (TPSA) is 34.1 Å². The van der Waals surface area contributed by atoms with E-state index in [0.717, 1.165) is 32.1 Å². The molecule has 0 aliphatic heterocycles. The van der Waals surface area contributed by atoms with E-state index in [1.54, 1.807) is 6.92 Å². The minimum Gasteiger partial charge on any atom is -0.299 e. The van der Waals surface area contributed by atoms with E-state index in [9.17, 15) is 9.59 Å². The number of Topliss-reactive ketones (excluding diaryl/α,β-unsaturated/α-hetero) is 1.